The third-order valence-corrected chi connectivity index (χ3v) is 4.93. The molecule has 1 aromatic carbocycles. The molecule has 1 aromatic heterocycles. The van der Waals surface area contributed by atoms with Crippen LogP contribution in [0.4, 0.5) is 5.69 Å². The highest BCUT2D eigenvalue weighted by Crippen LogP contribution is 2.11. The van der Waals surface area contributed by atoms with Crippen LogP contribution in [0.5, 0.6) is 0 Å². The average molecular weight is 526 g/mol. The molecule has 2 heterocycles. The van der Waals surface area contributed by atoms with Crippen LogP contribution in [0.2, 0.25) is 0 Å². The van der Waals surface area contributed by atoms with Crippen LogP contribution in [0.1, 0.15) is 31.0 Å². The van der Waals surface area contributed by atoms with Gasteiger partial charge in [0.25, 0.3) is 0 Å². The van der Waals surface area contributed by atoms with E-state index in [1.165, 1.54) is 0 Å². The van der Waals surface area contributed by atoms with Crippen molar-refractivity contribution in [2.45, 2.75) is 32.9 Å². The molecule has 0 radical (unpaired) electrons. The summed E-state index contributed by atoms with van der Waals surface area (Å²) in [5.41, 5.74) is 2.94. The first-order valence-corrected chi connectivity index (χ1v) is 10.1. The number of carbonyl (C=O) groups excluding carboxylic acids is 1. The molecule has 1 fully saturated rings. The topological polar surface area (TPSA) is 86.0 Å². The summed E-state index contributed by atoms with van der Waals surface area (Å²) in [7, 11) is 1.82. The van der Waals surface area contributed by atoms with Crippen LogP contribution in [0.15, 0.2) is 46.1 Å². The summed E-state index contributed by atoms with van der Waals surface area (Å²) in [5, 5.41) is 10.3. The summed E-state index contributed by atoms with van der Waals surface area (Å²) in [6.07, 6.45) is 3.01. The first-order chi connectivity index (χ1) is 14.2. The number of guanidine groups is 1. The fraction of sp³-hybridized carbons (Fsp3) is 0.476. The number of benzene rings is 1. The van der Waals surface area contributed by atoms with Crippen LogP contribution in [-0.2, 0) is 17.9 Å². The minimum Gasteiger partial charge on any atom is -0.364 e. The molecule has 164 valence electrons. The van der Waals surface area contributed by atoms with Gasteiger partial charge < -0.3 is 20.1 Å². The van der Waals surface area contributed by atoms with Crippen LogP contribution >= 0.6 is 24.0 Å². The number of aromatic nitrogens is 1. The van der Waals surface area contributed by atoms with Gasteiger partial charge in [-0.1, -0.05) is 24.2 Å². The van der Waals surface area contributed by atoms with E-state index in [1.54, 1.807) is 6.26 Å². The molecule has 0 spiro atoms. The van der Waals surface area contributed by atoms with Gasteiger partial charge in [-0.25, -0.2) is 0 Å². The number of carbonyl (C=O) groups is 1. The SMILES string of the molecule is CCCC(=O)Nc1ccc(CNC(=NC)N2CCN(Cc3ccon3)CC2)cc1.I. The van der Waals surface area contributed by atoms with E-state index in [2.05, 4.69) is 30.6 Å². The first-order valence-electron chi connectivity index (χ1n) is 10.1. The number of halogens is 1. The number of hydrogen-bond donors (Lipinski definition) is 2. The van der Waals surface area contributed by atoms with Gasteiger partial charge in [-0.05, 0) is 24.1 Å². The molecule has 1 saturated heterocycles. The maximum absolute atomic E-state index is 11.7. The molecule has 1 amide bonds. The normalized spacial score (nSPS) is 14.9. The summed E-state index contributed by atoms with van der Waals surface area (Å²) in [4.78, 5) is 20.8. The second kappa shape index (κ2) is 12.5. The van der Waals surface area contributed by atoms with E-state index in [4.69, 9.17) is 4.52 Å². The lowest BCUT2D eigenvalue weighted by Gasteiger charge is -2.36. The van der Waals surface area contributed by atoms with E-state index in [-0.39, 0.29) is 29.9 Å². The molecule has 3 rings (SSSR count). The smallest absolute Gasteiger partial charge is 0.224 e. The number of hydrogen-bond acceptors (Lipinski definition) is 5. The molecule has 2 N–H and O–H groups in total. The molecule has 2 aromatic rings. The van der Waals surface area contributed by atoms with Crippen molar-refractivity contribution in [2.75, 3.05) is 38.5 Å². The van der Waals surface area contributed by atoms with Crippen molar-refractivity contribution in [1.82, 2.24) is 20.3 Å². The van der Waals surface area contributed by atoms with Crippen LogP contribution in [-0.4, -0.2) is 60.0 Å². The summed E-state index contributed by atoms with van der Waals surface area (Å²) in [5.74, 6) is 0.966. The number of amides is 1. The highest BCUT2D eigenvalue weighted by Gasteiger charge is 2.20. The predicted molar refractivity (Wildman–Crippen MR) is 129 cm³/mol. The van der Waals surface area contributed by atoms with Gasteiger partial charge in [-0.3, -0.25) is 14.7 Å². The van der Waals surface area contributed by atoms with Crippen LogP contribution in [0.3, 0.4) is 0 Å². The molecule has 30 heavy (non-hydrogen) atoms. The maximum Gasteiger partial charge on any atom is 0.224 e. The highest BCUT2D eigenvalue weighted by atomic mass is 127. The zero-order chi connectivity index (χ0) is 20.5. The van der Waals surface area contributed by atoms with E-state index in [0.717, 1.165) is 62.0 Å². The second-order valence-electron chi connectivity index (χ2n) is 7.15. The summed E-state index contributed by atoms with van der Waals surface area (Å²) in [6.45, 7) is 7.25. The summed E-state index contributed by atoms with van der Waals surface area (Å²) in [6, 6.07) is 9.84. The third kappa shape index (κ3) is 7.28. The molecular weight excluding hydrogens is 495 g/mol. The number of piperazine rings is 1. The number of nitrogens with one attached hydrogen (secondary N) is 2. The van der Waals surface area contributed by atoms with Gasteiger partial charge in [-0.15, -0.1) is 24.0 Å². The molecule has 8 nitrogen and oxygen atoms in total. The van der Waals surface area contributed by atoms with Crippen molar-refractivity contribution in [1.29, 1.82) is 0 Å². The van der Waals surface area contributed by atoms with Gasteiger partial charge >= 0.3 is 0 Å². The Morgan fingerprint density at radius 2 is 1.90 bits per heavy atom. The van der Waals surface area contributed by atoms with Crippen molar-refractivity contribution in [3.8, 4) is 0 Å². The zero-order valence-corrected chi connectivity index (χ0v) is 20.0. The van der Waals surface area contributed by atoms with Gasteiger partial charge in [0.2, 0.25) is 5.91 Å². The fourth-order valence-electron chi connectivity index (χ4n) is 3.34. The minimum absolute atomic E-state index is 0. The molecule has 1 aliphatic rings. The zero-order valence-electron chi connectivity index (χ0n) is 17.6. The van der Waals surface area contributed by atoms with Crippen molar-refractivity contribution >= 4 is 41.5 Å². The van der Waals surface area contributed by atoms with Gasteiger partial charge in [0.15, 0.2) is 5.96 Å². The van der Waals surface area contributed by atoms with Crippen molar-refractivity contribution in [2.24, 2.45) is 4.99 Å². The number of rotatable bonds is 7. The lowest BCUT2D eigenvalue weighted by atomic mass is 10.2. The lowest BCUT2D eigenvalue weighted by molar-refractivity contribution is -0.116. The Balaban J connectivity index is 0.00000320. The second-order valence-corrected chi connectivity index (χ2v) is 7.15. The molecule has 0 bridgehead atoms. The molecule has 0 unspecified atom stereocenters. The summed E-state index contributed by atoms with van der Waals surface area (Å²) >= 11 is 0. The summed E-state index contributed by atoms with van der Waals surface area (Å²) < 4.78 is 4.91. The quantitative estimate of drug-likeness (QED) is 0.328. The Hall–Kier alpha value is -2.14. The van der Waals surface area contributed by atoms with E-state index in [1.807, 2.05) is 44.3 Å². The molecule has 9 heteroatoms. The highest BCUT2D eigenvalue weighted by molar-refractivity contribution is 14.0. The number of nitrogens with zero attached hydrogens (tertiary/aromatic N) is 4. The van der Waals surface area contributed by atoms with E-state index < -0.39 is 0 Å². The Morgan fingerprint density at radius 3 is 2.50 bits per heavy atom. The van der Waals surface area contributed by atoms with Gasteiger partial charge in [0.1, 0.15) is 6.26 Å². The minimum atomic E-state index is 0. The molecule has 1 aliphatic heterocycles. The Kier molecular flexibility index (Phi) is 10.1. The molecule has 0 atom stereocenters. The largest absolute Gasteiger partial charge is 0.364 e. The average Bonchev–Trinajstić information content (AvgIpc) is 3.24. The molecule has 0 saturated carbocycles. The van der Waals surface area contributed by atoms with Crippen molar-refractivity contribution in [3.05, 3.63) is 47.9 Å². The molecular formula is C21H31IN6O2. The van der Waals surface area contributed by atoms with E-state index in [9.17, 15) is 4.79 Å². The molecule has 0 aliphatic carbocycles. The Bertz CT molecular complexity index is 786. The number of aliphatic imine (C=N–C) groups is 1. The van der Waals surface area contributed by atoms with Crippen LogP contribution < -0.4 is 10.6 Å². The fourth-order valence-corrected chi connectivity index (χ4v) is 3.34. The lowest BCUT2D eigenvalue weighted by Crippen LogP contribution is -2.52. The Morgan fingerprint density at radius 1 is 1.17 bits per heavy atom. The van der Waals surface area contributed by atoms with Crippen LogP contribution in [0, 0.1) is 0 Å². The van der Waals surface area contributed by atoms with Gasteiger partial charge in [0, 0.05) is 64.5 Å². The van der Waals surface area contributed by atoms with Gasteiger partial charge in [0.05, 0.1) is 5.69 Å². The number of anilines is 1. The van der Waals surface area contributed by atoms with E-state index >= 15 is 0 Å². The van der Waals surface area contributed by atoms with Gasteiger partial charge in [-0.2, -0.15) is 0 Å². The van der Waals surface area contributed by atoms with Crippen molar-refractivity contribution < 1.29 is 9.32 Å². The van der Waals surface area contributed by atoms with Crippen LogP contribution in [0.25, 0.3) is 0 Å². The van der Waals surface area contributed by atoms with Crippen molar-refractivity contribution in [3.63, 3.8) is 0 Å². The third-order valence-electron chi connectivity index (χ3n) is 4.93. The standard InChI is InChI=1S/C21H30N6O2.HI/c1-3-4-20(28)24-18-7-5-17(6-8-18)15-23-21(22-2)27-12-10-26(11-13-27)16-19-9-14-29-25-19;/h5-9,14H,3-4,10-13,15-16H2,1-2H3,(H,22,23)(H,24,28);1H. The maximum atomic E-state index is 11.7. The monoisotopic (exact) mass is 526 g/mol. The first kappa shape index (κ1) is 24.1. The van der Waals surface area contributed by atoms with E-state index in [0.29, 0.717) is 13.0 Å². The predicted octanol–water partition coefficient (Wildman–Crippen LogP) is 2.92. The Labute approximate surface area is 195 Å².